The average Bonchev–Trinajstić information content (AvgIpc) is 2.38. The molecule has 1 aromatic rings. The largest absolute Gasteiger partial charge is 0.496 e. The number of benzene rings is 1. The van der Waals surface area contributed by atoms with Gasteiger partial charge in [-0.1, -0.05) is 0 Å². The molecule has 0 amide bonds. The quantitative estimate of drug-likeness (QED) is 0.797. The lowest BCUT2D eigenvalue weighted by Crippen LogP contribution is -2.22. The van der Waals surface area contributed by atoms with Crippen molar-refractivity contribution in [2.24, 2.45) is 5.73 Å². The van der Waals surface area contributed by atoms with Crippen LogP contribution >= 0.6 is 0 Å². The zero-order valence-electron chi connectivity index (χ0n) is 11.6. The first-order chi connectivity index (χ1) is 8.96. The van der Waals surface area contributed by atoms with Crippen molar-refractivity contribution in [3.8, 4) is 11.5 Å². The van der Waals surface area contributed by atoms with Gasteiger partial charge >= 0.3 is 5.97 Å². The van der Waals surface area contributed by atoms with Crippen LogP contribution in [0.1, 0.15) is 11.5 Å². The van der Waals surface area contributed by atoms with Gasteiger partial charge in [0.15, 0.2) is 0 Å². The van der Waals surface area contributed by atoms with Crippen molar-refractivity contribution < 1.29 is 19.4 Å². The monoisotopic (exact) mass is 268 g/mol. The van der Waals surface area contributed by atoms with Crippen LogP contribution in [0.25, 0.3) is 0 Å². The second-order valence-electron chi connectivity index (χ2n) is 4.29. The van der Waals surface area contributed by atoms with Gasteiger partial charge in [0, 0.05) is 32.3 Å². The first kappa shape index (κ1) is 15.1. The predicted molar refractivity (Wildman–Crippen MR) is 73.3 cm³/mol. The second kappa shape index (κ2) is 6.29. The normalized spacial score (nSPS) is 11.8. The fourth-order valence-electron chi connectivity index (χ4n) is 1.89. The van der Waals surface area contributed by atoms with Crippen molar-refractivity contribution >= 4 is 11.7 Å². The summed E-state index contributed by atoms with van der Waals surface area (Å²) in [5, 5.41) is 9.20. The summed E-state index contributed by atoms with van der Waals surface area (Å²) in [6, 6.07) is 3.42. The number of carbonyl (C=O) groups is 1. The average molecular weight is 268 g/mol. The van der Waals surface area contributed by atoms with Crippen molar-refractivity contribution in [2.75, 3.05) is 39.8 Å². The second-order valence-corrected chi connectivity index (χ2v) is 4.29. The molecule has 0 spiro atoms. The van der Waals surface area contributed by atoms with E-state index in [1.807, 2.05) is 19.0 Å². The van der Waals surface area contributed by atoms with Crippen molar-refractivity contribution in [1.82, 2.24) is 0 Å². The molecular weight excluding hydrogens is 248 g/mol. The van der Waals surface area contributed by atoms with Gasteiger partial charge in [0.25, 0.3) is 0 Å². The molecule has 0 saturated heterocycles. The van der Waals surface area contributed by atoms with Gasteiger partial charge in [-0.15, -0.1) is 0 Å². The number of carboxylic acids is 1. The number of aliphatic carboxylic acids is 1. The Morgan fingerprint density at radius 1 is 1.32 bits per heavy atom. The molecule has 0 fully saturated rings. The smallest absolute Gasteiger partial charge is 0.312 e. The first-order valence-electron chi connectivity index (χ1n) is 5.82. The molecule has 1 atom stereocenters. The summed E-state index contributed by atoms with van der Waals surface area (Å²) in [5.41, 5.74) is 6.85. The van der Waals surface area contributed by atoms with Crippen LogP contribution in [0.15, 0.2) is 12.1 Å². The van der Waals surface area contributed by atoms with E-state index in [9.17, 15) is 9.90 Å². The van der Waals surface area contributed by atoms with Crippen LogP contribution in [0.3, 0.4) is 0 Å². The third kappa shape index (κ3) is 3.08. The van der Waals surface area contributed by atoms with E-state index in [2.05, 4.69) is 0 Å². The van der Waals surface area contributed by atoms with E-state index in [0.717, 1.165) is 5.69 Å². The van der Waals surface area contributed by atoms with E-state index in [1.165, 1.54) is 14.2 Å². The SMILES string of the molecule is COc1cc(N(C)C)c(OC)cc1C(CN)C(=O)O. The number of methoxy groups -OCH3 is 2. The van der Waals surface area contributed by atoms with Gasteiger partial charge in [-0.3, -0.25) is 4.79 Å². The standard InChI is InChI=1S/C13H20N2O4/c1-15(2)10-6-11(18-3)8(5-12(10)19-4)9(7-14)13(16)17/h5-6,9H,7,14H2,1-4H3,(H,16,17). The minimum absolute atomic E-state index is 0.00381. The van der Waals surface area contributed by atoms with E-state index in [0.29, 0.717) is 17.1 Å². The summed E-state index contributed by atoms with van der Waals surface area (Å²) < 4.78 is 10.6. The van der Waals surface area contributed by atoms with Crippen molar-refractivity contribution in [3.63, 3.8) is 0 Å². The highest BCUT2D eigenvalue weighted by Gasteiger charge is 2.24. The molecule has 0 radical (unpaired) electrons. The van der Waals surface area contributed by atoms with Crippen LogP contribution in [-0.2, 0) is 4.79 Å². The van der Waals surface area contributed by atoms with Gasteiger partial charge in [0.05, 0.1) is 25.8 Å². The fraction of sp³-hybridized carbons (Fsp3) is 0.462. The Kier molecular flexibility index (Phi) is 5.00. The summed E-state index contributed by atoms with van der Waals surface area (Å²) in [6.45, 7) is -0.00381. The summed E-state index contributed by atoms with van der Waals surface area (Å²) in [7, 11) is 6.78. The Morgan fingerprint density at radius 3 is 2.26 bits per heavy atom. The first-order valence-corrected chi connectivity index (χ1v) is 5.82. The fourth-order valence-corrected chi connectivity index (χ4v) is 1.89. The van der Waals surface area contributed by atoms with Crippen LogP contribution < -0.4 is 20.1 Å². The molecule has 0 aliphatic heterocycles. The van der Waals surface area contributed by atoms with Crippen LogP contribution in [-0.4, -0.2) is 45.9 Å². The van der Waals surface area contributed by atoms with Gasteiger partial charge in [0.2, 0.25) is 0 Å². The van der Waals surface area contributed by atoms with Crippen LogP contribution in [0.4, 0.5) is 5.69 Å². The van der Waals surface area contributed by atoms with Crippen LogP contribution in [0.2, 0.25) is 0 Å². The highest BCUT2D eigenvalue weighted by Crippen LogP contribution is 2.37. The molecule has 6 nitrogen and oxygen atoms in total. The summed E-state index contributed by atoms with van der Waals surface area (Å²) >= 11 is 0. The number of hydrogen-bond donors (Lipinski definition) is 2. The zero-order chi connectivity index (χ0) is 14.6. The van der Waals surface area contributed by atoms with Crippen molar-refractivity contribution in [1.29, 1.82) is 0 Å². The number of nitrogens with zero attached hydrogens (tertiary/aromatic N) is 1. The lowest BCUT2D eigenvalue weighted by atomic mass is 9.97. The molecule has 3 N–H and O–H groups in total. The molecule has 0 aliphatic carbocycles. The zero-order valence-corrected chi connectivity index (χ0v) is 11.6. The Balaban J connectivity index is 3.43. The van der Waals surface area contributed by atoms with Gasteiger partial charge in [0.1, 0.15) is 11.5 Å². The highest BCUT2D eigenvalue weighted by molar-refractivity contribution is 5.79. The van der Waals surface area contributed by atoms with Crippen molar-refractivity contribution in [2.45, 2.75) is 5.92 Å². The van der Waals surface area contributed by atoms with Gasteiger partial charge < -0.3 is 25.2 Å². The van der Waals surface area contributed by atoms with E-state index in [4.69, 9.17) is 15.2 Å². The maximum Gasteiger partial charge on any atom is 0.312 e. The molecule has 0 heterocycles. The van der Waals surface area contributed by atoms with Gasteiger partial charge in [-0.2, -0.15) is 0 Å². The van der Waals surface area contributed by atoms with E-state index < -0.39 is 11.9 Å². The van der Waals surface area contributed by atoms with Gasteiger partial charge in [-0.25, -0.2) is 0 Å². The number of nitrogens with two attached hydrogens (primary N) is 1. The van der Waals surface area contributed by atoms with Crippen LogP contribution in [0.5, 0.6) is 11.5 Å². The van der Waals surface area contributed by atoms with Gasteiger partial charge in [-0.05, 0) is 6.07 Å². The lowest BCUT2D eigenvalue weighted by Gasteiger charge is -2.21. The number of rotatable bonds is 6. The molecule has 0 bridgehead atoms. The third-order valence-electron chi connectivity index (χ3n) is 2.92. The summed E-state index contributed by atoms with van der Waals surface area (Å²) in [4.78, 5) is 13.1. The third-order valence-corrected chi connectivity index (χ3v) is 2.92. The minimum Gasteiger partial charge on any atom is -0.496 e. The molecule has 0 aromatic heterocycles. The number of carboxylic acid groups (broad SMARTS) is 1. The Labute approximate surface area is 112 Å². The number of hydrogen-bond acceptors (Lipinski definition) is 5. The molecule has 1 rings (SSSR count). The van der Waals surface area contributed by atoms with E-state index >= 15 is 0 Å². The molecule has 1 aromatic carbocycles. The van der Waals surface area contributed by atoms with E-state index in [1.54, 1.807) is 12.1 Å². The topological polar surface area (TPSA) is 85.0 Å². The Morgan fingerprint density at radius 2 is 1.89 bits per heavy atom. The maximum absolute atomic E-state index is 11.2. The summed E-state index contributed by atoms with van der Waals surface area (Å²) in [5.74, 6) is -0.733. The molecule has 6 heteroatoms. The minimum atomic E-state index is -0.986. The molecule has 0 saturated carbocycles. The molecular formula is C13H20N2O4. The number of ether oxygens (including phenoxy) is 2. The lowest BCUT2D eigenvalue weighted by molar-refractivity contribution is -0.138. The van der Waals surface area contributed by atoms with Crippen molar-refractivity contribution in [3.05, 3.63) is 17.7 Å². The maximum atomic E-state index is 11.2. The summed E-state index contributed by atoms with van der Waals surface area (Å²) in [6.07, 6.45) is 0. The number of anilines is 1. The Bertz CT molecular complexity index is 460. The molecule has 1 unspecified atom stereocenters. The van der Waals surface area contributed by atoms with E-state index in [-0.39, 0.29) is 6.54 Å². The molecule has 106 valence electrons. The Hall–Kier alpha value is -1.95. The molecule has 0 aliphatic rings. The van der Waals surface area contributed by atoms with Crippen LogP contribution in [0, 0.1) is 0 Å². The highest BCUT2D eigenvalue weighted by atomic mass is 16.5. The predicted octanol–water partition coefficient (Wildman–Crippen LogP) is 0.897. The molecule has 19 heavy (non-hydrogen) atoms.